The third-order valence-corrected chi connectivity index (χ3v) is 5.46. The van der Waals surface area contributed by atoms with Crippen LogP contribution in [0.2, 0.25) is 0 Å². The van der Waals surface area contributed by atoms with Crippen molar-refractivity contribution >= 4 is 0 Å². The van der Waals surface area contributed by atoms with Gasteiger partial charge in [0, 0.05) is 18.0 Å². The summed E-state index contributed by atoms with van der Waals surface area (Å²) >= 11 is 0. The number of nitrogens with two attached hydrogens (primary N) is 2. The van der Waals surface area contributed by atoms with Crippen molar-refractivity contribution < 1.29 is 27.8 Å². The SMILES string of the molecule is C=C.N/C=C\N(N)Cc1cccc2c1OCCO2.OC1(c2ccc(C(F)(F)F)cc2)CCNCC1. The van der Waals surface area contributed by atoms with Crippen molar-refractivity contribution in [2.24, 2.45) is 11.6 Å². The van der Waals surface area contributed by atoms with Crippen LogP contribution >= 0.6 is 0 Å². The molecule has 2 heterocycles. The molecule has 7 nitrogen and oxygen atoms in total. The number of ether oxygens (including phenoxy) is 2. The maximum atomic E-state index is 12.4. The van der Waals surface area contributed by atoms with E-state index in [2.05, 4.69) is 18.5 Å². The lowest BCUT2D eigenvalue weighted by Gasteiger charge is -2.33. The fourth-order valence-electron chi connectivity index (χ4n) is 3.72. The molecular weight excluding hydrogens is 461 g/mol. The van der Waals surface area contributed by atoms with E-state index >= 15 is 0 Å². The number of hydrazine groups is 1. The van der Waals surface area contributed by atoms with Crippen molar-refractivity contribution in [2.75, 3.05) is 26.3 Å². The van der Waals surface area contributed by atoms with Crippen molar-refractivity contribution in [1.82, 2.24) is 10.3 Å². The van der Waals surface area contributed by atoms with Crippen molar-refractivity contribution in [1.29, 1.82) is 0 Å². The second-order valence-corrected chi connectivity index (χ2v) is 7.81. The number of alkyl halides is 3. The molecule has 4 rings (SSSR count). The van der Waals surface area contributed by atoms with Gasteiger partial charge in [-0.15, -0.1) is 13.2 Å². The van der Waals surface area contributed by atoms with Crippen molar-refractivity contribution in [3.8, 4) is 11.5 Å². The molecule has 0 aliphatic carbocycles. The Kier molecular flexibility index (Phi) is 10.4. The molecule has 2 aromatic carbocycles. The second-order valence-electron chi connectivity index (χ2n) is 7.81. The highest BCUT2D eigenvalue weighted by molar-refractivity contribution is 5.47. The highest BCUT2D eigenvalue weighted by atomic mass is 19.4. The largest absolute Gasteiger partial charge is 0.486 e. The maximum Gasteiger partial charge on any atom is 0.416 e. The van der Waals surface area contributed by atoms with Gasteiger partial charge < -0.3 is 30.6 Å². The van der Waals surface area contributed by atoms with Crippen LogP contribution in [0.15, 0.2) is 68.0 Å². The summed E-state index contributed by atoms with van der Waals surface area (Å²) in [5.74, 6) is 7.26. The van der Waals surface area contributed by atoms with E-state index in [0.717, 1.165) is 29.2 Å². The number of hydrogen-bond acceptors (Lipinski definition) is 7. The van der Waals surface area contributed by atoms with E-state index in [4.69, 9.17) is 21.1 Å². The molecule has 6 N–H and O–H groups in total. The van der Waals surface area contributed by atoms with E-state index in [-0.39, 0.29) is 0 Å². The fraction of sp³-hybridized carbons (Fsp3) is 0.360. The van der Waals surface area contributed by atoms with Gasteiger partial charge >= 0.3 is 6.18 Å². The van der Waals surface area contributed by atoms with Crippen LogP contribution in [0, 0.1) is 0 Å². The van der Waals surface area contributed by atoms with Crippen LogP contribution in [-0.2, 0) is 18.3 Å². The van der Waals surface area contributed by atoms with E-state index in [1.54, 1.807) is 6.20 Å². The molecule has 1 saturated heterocycles. The van der Waals surface area contributed by atoms with Gasteiger partial charge in [0.05, 0.1) is 17.7 Å². The van der Waals surface area contributed by atoms with Gasteiger partial charge in [0.25, 0.3) is 0 Å². The van der Waals surface area contributed by atoms with Crippen LogP contribution in [0.1, 0.15) is 29.5 Å². The van der Waals surface area contributed by atoms with Gasteiger partial charge in [0.2, 0.25) is 0 Å². The van der Waals surface area contributed by atoms with Gasteiger partial charge in [-0.05, 0) is 49.7 Å². The number of para-hydroxylation sites is 1. The lowest BCUT2D eigenvalue weighted by atomic mass is 9.85. The van der Waals surface area contributed by atoms with Crippen molar-refractivity contribution in [2.45, 2.75) is 31.2 Å². The molecule has 2 aliphatic rings. The highest BCUT2D eigenvalue weighted by Crippen LogP contribution is 2.35. The Morgan fingerprint density at radius 1 is 1.06 bits per heavy atom. The number of nitrogens with zero attached hydrogens (tertiary/aromatic N) is 1. The van der Waals surface area contributed by atoms with Crippen molar-refractivity contribution in [3.63, 3.8) is 0 Å². The van der Waals surface area contributed by atoms with E-state index < -0.39 is 17.3 Å². The molecule has 0 saturated carbocycles. The van der Waals surface area contributed by atoms with Gasteiger partial charge in [-0.1, -0.05) is 24.3 Å². The average Bonchev–Trinajstić information content (AvgIpc) is 2.86. The second kappa shape index (κ2) is 13.0. The molecule has 0 atom stereocenters. The summed E-state index contributed by atoms with van der Waals surface area (Å²) in [6.45, 7) is 9.04. The van der Waals surface area contributed by atoms with Gasteiger partial charge in [-0.3, -0.25) is 0 Å². The zero-order valence-corrected chi connectivity index (χ0v) is 19.6. The smallest absolute Gasteiger partial charge is 0.416 e. The molecule has 0 unspecified atom stereocenters. The van der Waals surface area contributed by atoms with Crippen LogP contribution in [0.4, 0.5) is 13.2 Å². The molecule has 1 fully saturated rings. The van der Waals surface area contributed by atoms with Gasteiger partial charge in [-0.25, -0.2) is 5.84 Å². The minimum absolute atomic E-state index is 0.526. The molecule has 2 aromatic rings. The summed E-state index contributed by atoms with van der Waals surface area (Å²) in [5, 5.41) is 14.9. The topological polar surface area (TPSA) is 106 Å². The molecule has 0 radical (unpaired) electrons. The Morgan fingerprint density at radius 2 is 1.69 bits per heavy atom. The summed E-state index contributed by atoms with van der Waals surface area (Å²) in [6, 6.07) is 10.5. The number of aliphatic hydroxyl groups is 1. The van der Waals surface area contributed by atoms with E-state index in [0.29, 0.717) is 51.3 Å². The minimum atomic E-state index is -4.32. The van der Waals surface area contributed by atoms with Crippen LogP contribution in [-0.4, -0.2) is 36.4 Å². The number of rotatable bonds is 4. The standard InChI is InChI=1S/C12H14F3NO.C11H15N3O2.C2H4/c13-12(14,15)10-3-1-9(2-4-10)11(17)5-7-16-8-6-11;12-4-5-14(13)8-9-2-1-3-10-11(9)16-7-6-15-10;1-2/h1-4,16-17H,5-8H2;1-5H,6-8,12-13H2;1-2H2/b;5-4-;. The van der Waals surface area contributed by atoms with E-state index in [9.17, 15) is 18.3 Å². The first-order valence-corrected chi connectivity index (χ1v) is 11.1. The van der Waals surface area contributed by atoms with Gasteiger partial charge in [0.15, 0.2) is 11.5 Å². The molecule has 0 amide bonds. The highest BCUT2D eigenvalue weighted by Gasteiger charge is 2.34. The summed E-state index contributed by atoms with van der Waals surface area (Å²) in [4.78, 5) is 0. The van der Waals surface area contributed by atoms with Crippen LogP contribution in [0.5, 0.6) is 11.5 Å². The Balaban J connectivity index is 0.000000231. The number of benzene rings is 2. The Labute approximate surface area is 203 Å². The third kappa shape index (κ3) is 7.91. The van der Waals surface area contributed by atoms with Crippen molar-refractivity contribution in [3.05, 3.63) is 84.7 Å². The lowest BCUT2D eigenvalue weighted by molar-refractivity contribution is -0.137. The monoisotopic (exact) mass is 494 g/mol. The molecule has 2 aliphatic heterocycles. The maximum absolute atomic E-state index is 12.4. The third-order valence-electron chi connectivity index (χ3n) is 5.46. The number of hydrogen-bond donors (Lipinski definition) is 4. The molecule has 0 bridgehead atoms. The first-order chi connectivity index (χ1) is 16.7. The summed E-state index contributed by atoms with van der Waals surface area (Å²) in [6.07, 6.45) is -0.276. The first-order valence-electron chi connectivity index (χ1n) is 11.1. The predicted molar refractivity (Wildman–Crippen MR) is 129 cm³/mol. The minimum Gasteiger partial charge on any atom is -0.486 e. The molecule has 35 heavy (non-hydrogen) atoms. The van der Waals surface area contributed by atoms with E-state index in [1.165, 1.54) is 23.3 Å². The van der Waals surface area contributed by atoms with Gasteiger partial charge in [-0.2, -0.15) is 13.2 Å². The number of nitrogens with one attached hydrogen (secondary N) is 1. The number of piperidine rings is 1. The quantitative estimate of drug-likeness (QED) is 0.292. The molecule has 192 valence electrons. The Bertz CT molecular complexity index is 946. The predicted octanol–water partition coefficient (Wildman–Crippen LogP) is 3.64. The van der Waals surface area contributed by atoms with E-state index in [1.807, 2.05) is 18.2 Å². The van der Waals surface area contributed by atoms with Crippen LogP contribution in [0.3, 0.4) is 0 Å². The van der Waals surface area contributed by atoms with Crippen LogP contribution < -0.4 is 26.4 Å². The van der Waals surface area contributed by atoms with Crippen LogP contribution in [0.25, 0.3) is 0 Å². The fourth-order valence-corrected chi connectivity index (χ4v) is 3.72. The average molecular weight is 495 g/mol. The number of fused-ring (bicyclic) bond motifs is 1. The lowest BCUT2D eigenvalue weighted by Crippen LogP contribution is -2.39. The molecule has 10 heteroatoms. The zero-order valence-electron chi connectivity index (χ0n) is 19.6. The summed E-state index contributed by atoms with van der Waals surface area (Å²) in [7, 11) is 0. The molecule has 0 aromatic heterocycles. The zero-order chi connectivity index (χ0) is 25.9. The molecular formula is C25H33F3N4O3. The Morgan fingerprint density at radius 3 is 2.29 bits per heavy atom. The summed E-state index contributed by atoms with van der Waals surface area (Å²) in [5.41, 5.74) is 5.14. The first kappa shape index (κ1) is 28.0. The summed E-state index contributed by atoms with van der Waals surface area (Å²) < 4.78 is 48.2. The Hall–Kier alpha value is -3.21. The van der Waals surface area contributed by atoms with Gasteiger partial charge in [0.1, 0.15) is 13.2 Å². The normalized spacial score (nSPS) is 16.4. The molecule has 0 spiro atoms. The number of halogens is 3.